The number of para-hydroxylation sites is 1. The van der Waals surface area contributed by atoms with Gasteiger partial charge in [-0.25, -0.2) is 4.39 Å². The van der Waals surface area contributed by atoms with Crippen molar-refractivity contribution in [2.24, 2.45) is 5.73 Å². The van der Waals surface area contributed by atoms with Crippen LogP contribution in [0.3, 0.4) is 0 Å². The average molecular weight is 451 g/mol. The number of hydrogen-bond acceptors (Lipinski definition) is 5. The zero-order valence-electron chi connectivity index (χ0n) is 18.2. The van der Waals surface area contributed by atoms with Gasteiger partial charge >= 0.3 is 0 Å². The van der Waals surface area contributed by atoms with Gasteiger partial charge in [-0.1, -0.05) is 42.5 Å². The van der Waals surface area contributed by atoms with Crippen LogP contribution in [0, 0.1) is 11.2 Å². The molecule has 0 aliphatic rings. The van der Waals surface area contributed by atoms with Crippen LogP contribution in [-0.2, 0) is 16.1 Å². The quantitative estimate of drug-likeness (QED) is 0.235. The number of hydrogen-bond donors (Lipinski definition) is 3. The maximum absolute atomic E-state index is 14.7. The molecule has 0 aliphatic carbocycles. The fourth-order valence-electron chi connectivity index (χ4n) is 3.11. The minimum absolute atomic E-state index is 0.0309. The number of carbonyl (C=O) groups is 1. The van der Waals surface area contributed by atoms with Crippen molar-refractivity contribution in [2.45, 2.75) is 12.6 Å². The second-order valence-corrected chi connectivity index (χ2v) is 7.14. The molecule has 33 heavy (non-hydrogen) atoms. The van der Waals surface area contributed by atoms with E-state index < -0.39 is 17.8 Å². The first kappa shape index (κ1) is 23.7. The number of benzene rings is 3. The van der Waals surface area contributed by atoms with Crippen LogP contribution in [0.15, 0.2) is 72.8 Å². The monoisotopic (exact) mass is 451 g/mol. The topological polar surface area (TPSA) is 107 Å². The third kappa shape index (κ3) is 6.78. The molecular weight excluding hydrogens is 425 g/mol. The average Bonchev–Trinajstić information content (AvgIpc) is 2.83. The number of nitrogens with one attached hydrogen (secondary N) is 2. The summed E-state index contributed by atoms with van der Waals surface area (Å²) in [5, 5.41) is 10.1. The van der Waals surface area contributed by atoms with Gasteiger partial charge in [-0.3, -0.25) is 10.2 Å². The maximum atomic E-state index is 14.7. The van der Waals surface area contributed by atoms with Crippen LogP contribution in [0.4, 0.5) is 4.39 Å². The molecule has 0 heterocycles. The van der Waals surface area contributed by atoms with E-state index in [9.17, 15) is 9.18 Å². The molecule has 3 aromatic carbocycles. The SMILES string of the molecule is COC(C(=O)NCc1ccc(C(=N)N)cc1)c1ccc(OCCOc2ccccc2)cc1F. The Morgan fingerprint density at radius 1 is 1.00 bits per heavy atom. The van der Waals surface area contributed by atoms with Gasteiger partial charge in [0.15, 0.2) is 6.10 Å². The number of rotatable bonds is 11. The highest BCUT2D eigenvalue weighted by Crippen LogP contribution is 2.24. The summed E-state index contributed by atoms with van der Waals surface area (Å²) in [6.45, 7) is 0.773. The number of carbonyl (C=O) groups excluding carboxylic acids is 1. The molecule has 1 atom stereocenters. The van der Waals surface area contributed by atoms with E-state index in [4.69, 9.17) is 25.4 Å². The molecule has 4 N–H and O–H groups in total. The molecule has 0 aliphatic heterocycles. The molecule has 0 saturated carbocycles. The van der Waals surface area contributed by atoms with Crippen LogP contribution in [0.25, 0.3) is 0 Å². The maximum Gasteiger partial charge on any atom is 0.254 e. The predicted molar refractivity (Wildman–Crippen MR) is 123 cm³/mol. The van der Waals surface area contributed by atoms with Crippen molar-refractivity contribution in [3.05, 3.63) is 95.3 Å². The Morgan fingerprint density at radius 2 is 1.67 bits per heavy atom. The lowest BCUT2D eigenvalue weighted by atomic mass is 10.1. The second kappa shape index (κ2) is 11.6. The standard InChI is InChI=1S/C25H26FN3O4/c1-31-23(25(30)29-16-17-7-9-18(10-8-17)24(27)28)21-12-11-20(15-22(21)26)33-14-13-32-19-5-3-2-4-6-19/h2-12,15,23H,13-14,16H2,1H3,(H3,27,28)(H,29,30). The second-order valence-electron chi connectivity index (χ2n) is 7.14. The fourth-order valence-corrected chi connectivity index (χ4v) is 3.11. The van der Waals surface area contributed by atoms with Gasteiger partial charge in [0.05, 0.1) is 0 Å². The molecule has 0 aromatic heterocycles. The summed E-state index contributed by atoms with van der Waals surface area (Å²) >= 11 is 0. The van der Waals surface area contributed by atoms with Crippen LogP contribution in [0.2, 0.25) is 0 Å². The summed E-state index contributed by atoms with van der Waals surface area (Å²) in [5.41, 5.74) is 6.95. The molecule has 0 spiro atoms. The minimum Gasteiger partial charge on any atom is -0.490 e. The van der Waals surface area contributed by atoms with Crippen LogP contribution in [-0.4, -0.2) is 32.1 Å². The van der Waals surface area contributed by atoms with Crippen molar-refractivity contribution < 1.29 is 23.4 Å². The van der Waals surface area contributed by atoms with E-state index in [1.165, 1.54) is 19.2 Å². The van der Waals surface area contributed by atoms with Gasteiger partial charge in [-0.05, 0) is 29.8 Å². The molecule has 0 fully saturated rings. The normalized spacial score (nSPS) is 11.5. The Bertz CT molecular complexity index is 1070. The lowest BCUT2D eigenvalue weighted by Crippen LogP contribution is -2.30. The van der Waals surface area contributed by atoms with Gasteiger partial charge in [0.1, 0.15) is 36.4 Å². The van der Waals surface area contributed by atoms with Crippen molar-refractivity contribution in [3.63, 3.8) is 0 Å². The van der Waals surface area contributed by atoms with Crippen molar-refractivity contribution in [1.29, 1.82) is 5.41 Å². The highest BCUT2D eigenvalue weighted by molar-refractivity contribution is 5.94. The van der Waals surface area contributed by atoms with E-state index >= 15 is 0 Å². The highest BCUT2D eigenvalue weighted by Gasteiger charge is 2.23. The zero-order valence-corrected chi connectivity index (χ0v) is 18.2. The summed E-state index contributed by atoms with van der Waals surface area (Å²) in [6, 6.07) is 20.5. The molecule has 0 bridgehead atoms. The first-order chi connectivity index (χ1) is 16.0. The summed E-state index contributed by atoms with van der Waals surface area (Å²) < 4.78 is 31.0. The summed E-state index contributed by atoms with van der Waals surface area (Å²) in [6.07, 6.45) is -1.11. The number of ether oxygens (including phenoxy) is 3. The number of amides is 1. The van der Waals surface area contributed by atoms with Gasteiger partial charge in [-0.2, -0.15) is 0 Å². The lowest BCUT2D eigenvalue weighted by molar-refractivity contribution is -0.131. The van der Waals surface area contributed by atoms with Crippen molar-refractivity contribution in [3.8, 4) is 11.5 Å². The molecule has 1 amide bonds. The highest BCUT2D eigenvalue weighted by atomic mass is 19.1. The van der Waals surface area contributed by atoms with Gasteiger partial charge < -0.3 is 25.3 Å². The number of nitrogens with two attached hydrogens (primary N) is 1. The van der Waals surface area contributed by atoms with E-state index in [1.54, 1.807) is 30.3 Å². The Balaban J connectivity index is 1.53. The first-order valence-corrected chi connectivity index (χ1v) is 10.3. The number of halogens is 1. The Kier molecular flexibility index (Phi) is 8.37. The third-order valence-electron chi connectivity index (χ3n) is 4.82. The molecular formula is C25H26FN3O4. The van der Waals surface area contributed by atoms with Crippen molar-refractivity contribution >= 4 is 11.7 Å². The minimum atomic E-state index is -1.11. The Morgan fingerprint density at radius 3 is 2.27 bits per heavy atom. The largest absolute Gasteiger partial charge is 0.490 e. The number of methoxy groups -OCH3 is 1. The number of nitrogen functional groups attached to an aromatic ring is 1. The first-order valence-electron chi connectivity index (χ1n) is 10.3. The third-order valence-corrected chi connectivity index (χ3v) is 4.82. The molecule has 7 nitrogen and oxygen atoms in total. The van der Waals surface area contributed by atoms with Crippen molar-refractivity contribution in [2.75, 3.05) is 20.3 Å². The lowest BCUT2D eigenvalue weighted by Gasteiger charge is -2.17. The molecule has 3 rings (SSSR count). The summed E-state index contributed by atoms with van der Waals surface area (Å²) in [7, 11) is 1.34. The molecule has 1 unspecified atom stereocenters. The smallest absolute Gasteiger partial charge is 0.254 e. The molecule has 3 aromatic rings. The van der Waals surface area contributed by atoms with E-state index in [0.717, 1.165) is 11.3 Å². The van der Waals surface area contributed by atoms with E-state index in [-0.39, 0.29) is 24.6 Å². The fraction of sp³-hybridized carbons (Fsp3) is 0.200. The van der Waals surface area contributed by atoms with Crippen LogP contribution < -0.4 is 20.5 Å². The molecule has 0 saturated heterocycles. The molecule has 8 heteroatoms. The Hall–Kier alpha value is -3.91. The van der Waals surface area contributed by atoms with Crippen LogP contribution >= 0.6 is 0 Å². The van der Waals surface area contributed by atoms with Gasteiger partial charge in [0.25, 0.3) is 5.91 Å². The van der Waals surface area contributed by atoms with Crippen LogP contribution in [0.1, 0.15) is 22.8 Å². The molecule has 0 radical (unpaired) electrons. The van der Waals surface area contributed by atoms with E-state index in [1.807, 2.05) is 30.3 Å². The van der Waals surface area contributed by atoms with Gasteiger partial charge in [-0.15, -0.1) is 0 Å². The predicted octanol–water partition coefficient (Wildman–Crippen LogP) is 3.57. The number of amidine groups is 1. The van der Waals surface area contributed by atoms with Crippen LogP contribution in [0.5, 0.6) is 11.5 Å². The molecule has 172 valence electrons. The van der Waals surface area contributed by atoms with E-state index in [0.29, 0.717) is 17.9 Å². The Labute approximate surface area is 191 Å². The summed E-state index contributed by atoms with van der Waals surface area (Å²) in [4.78, 5) is 12.6. The van der Waals surface area contributed by atoms with Crippen molar-refractivity contribution in [1.82, 2.24) is 5.32 Å². The summed E-state index contributed by atoms with van der Waals surface area (Å²) in [5.74, 6) is -0.0574. The zero-order chi connectivity index (χ0) is 23.6. The van der Waals surface area contributed by atoms with Gasteiger partial charge in [0.2, 0.25) is 0 Å². The van der Waals surface area contributed by atoms with E-state index in [2.05, 4.69) is 5.32 Å². The van der Waals surface area contributed by atoms with Gasteiger partial charge in [0, 0.05) is 30.8 Å².